The molecule has 0 aromatic heterocycles. The van der Waals surface area contributed by atoms with Crippen LogP contribution in [0, 0.1) is 15.9 Å². The van der Waals surface area contributed by atoms with Crippen LogP contribution in [0.2, 0.25) is 0 Å². The number of carbonyl (C=O) groups is 2. The first kappa shape index (κ1) is 32.8. The molecule has 0 fully saturated rings. The van der Waals surface area contributed by atoms with Gasteiger partial charge in [0, 0.05) is 31.1 Å². The fraction of sp³-hybridized carbons (Fsp3) is 0.212. The molecule has 0 aliphatic carbocycles. The number of halogens is 1. The molecule has 1 N–H and O–H groups in total. The molecule has 4 aromatic rings. The Labute approximate surface area is 261 Å². The SMILES string of the molecule is CC(C)NC(=O)[C@@H](Cc1ccccc1)N(Cc1ccc(F)cc1)C(=O)CN(c1cccc([N+](=O)[O-])c1)S(=O)(=O)c1ccccc1. The van der Waals surface area contributed by atoms with Crippen LogP contribution in [-0.4, -0.2) is 48.7 Å². The predicted molar refractivity (Wildman–Crippen MR) is 168 cm³/mol. The van der Waals surface area contributed by atoms with Gasteiger partial charge in [0.25, 0.3) is 15.7 Å². The Bertz CT molecular complexity index is 1740. The number of nitrogens with one attached hydrogen (secondary N) is 1. The Hall–Kier alpha value is -5.10. The fourth-order valence-electron chi connectivity index (χ4n) is 4.73. The lowest BCUT2D eigenvalue weighted by atomic mass is 10.0. The Morgan fingerprint density at radius 2 is 1.49 bits per heavy atom. The molecule has 0 aliphatic heterocycles. The molecule has 0 spiro atoms. The van der Waals surface area contributed by atoms with E-state index >= 15 is 0 Å². The van der Waals surface area contributed by atoms with Crippen LogP contribution in [0.5, 0.6) is 0 Å². The lowest BCUT2D eigenvalue weighted by Gasteiger charge is -2.34. The zero-order chi connectivity index (χ0) is 32.6. The van der Waals surface area contributed by atoms with E-state index in [0.717, 1.165) is 15.9 Å². The van der Waals surface area contributed by atoms with Crippen molar-refractivity contribution >= 4 is 33.2 Å². The molecule has 0 radical (unpaired) electrons. The van der Waals surface area contributed by atoms with Crippen LogP contribution in [0.4, 0.5) is 15.8 Å². The van der Waals surface area contributed by atoms with Crippen LogP contribution in [0.1, 0.15) is 25.0 Å². The van der Waals surface area contributed by atoms with Gasteiger partial charge in [-0.3, -0.25) is 24.0 Å². The summed E-state index contributed by atoms with van der Waals surface area (Å²) < 4.78 is 42.5. The van der Waals surface area contributed by atoms with Crippen molar-refractivity contribution in [3.8, 4) is 0 Å². The van der Waals surface area contributed by atoms with Crippen LogP contribution >= 0.6 is 0 Å². The van der Waals surface area contributed by atoms with Crippen LogP contribution in [-0.2, 0) is 32.6 Å². The maximum Gasteiger partial charge on any atom is 0.271 e. The molecule has 1 atom stereocenters. The van der Waals surface area contributed by atoms with Crippen LogP contribution in [0.25, 0.3) is 0 Å². The summed E-state index contributed by atoms with van der Waals surface area (Å²) in [6.45, 7) is 2.64. The molecule has 0 aliphatic rings. The molecule has 45 heavy (non-hydrogen) atoms. The number of amides is 2. The summed E-state index contributed by atoms with van der Waals surface area (Å²) in [6.07, 6.45) is 0.106. The molecule has 4 aromatic carbocycles. The maximum atomic E-state index is 14.3. The Morgan fingerprint density at radius 3 is 2.09 bits per heavy atom. The monoisotopic (exact) mass is 632 g/mol. The van der Waals surface area contributed by atoms with Crippen LogP contribution in [0.15, 0.2) is 114 Å². The highest BCUT2D eigenvalue weighted by Crippen LogP contribution is 2.28. The molecule has 4 rings (SSSR count). The molecular formula is C33H33FN4O6S. The summed E-state index contributed by atoms with van der Waals surface area (Å²) in [6, 6.07) is 25.5. The number of nitrogens with zero attached hydrogens (tertiary/aromatic N) is 3. The van der Waals surface area contributed by atoms with E-state index in [4.69, 9.17) is 0 Å². The maximum absolute atomic E-state index is 14.3. The Kier molecular flexibility index (Phi) is 10.6. The number of benzene rings is 4. The third-order valence-electron chi connectivity index (χ3n) is 6.91. The van der Waals surface area contributed by atoms with Gasteiger partial charge >= 0.3 is 0 Å². The molecule has 0 saturated heterocycles. The van der Waals surface area contributed by atoms with Gasteiger partial charge in [-0.25, -0.2) is 12.8 Å². The number of hydrogen-bond donors (Lipinski definition) is 1. The zero-order valence-corrected chi connectivity index (χ0v) is 25.6. The van der Waals surface area contributed by atoms with Gasteiger partial charge < -0.3 is 10.2 Å². The van der Waals surface area contributed by atoms with Crippen LogP contribution in [0.3, 0.4) is 0 Å². The number of hydrogen-bond acceptors (Lipinski definition) is 6. The molecule has 10 nitrogen and oxygen atoms in total. The van der Waals surface area contributed by atoms with Gasteiger partial charge in [-0.1, -0.05) is 66.7 Å². The van der Waals surface area contributed by atoms with E-state index < -0.39 is 45.2 Å². The van der Waals surface area contributed by atoms with Crippen molar-refractivity contribution in [2.45, 2.75) is 43.8 Å². The largest absolute Gasteiger partial charge is 0.352 e. The highest BCUT2D eigenvalue weighted by Gasteiger charge is 2.35. The lowest BCUT2D eigenvalue weighted by Crippen LogP contribution is -2.54. The Balaban J connectivity index is 1.82. The number of nitro benzene ring substituents is 1. The van der Waals surface area contributed by atoms with Crippen molar-refractivity contribution in [3.63, 3.8) is 0 Å². The van der Waals surface area contributed by atoms with Gasteiger partial charge in [-0.2, -0.15) is 0 Å². The summed E-state index contributed by atoms with van der Waals surface area (Å²) in [4.78, 5) is 40.1. The van der Waals surface area contributed by atoms with E-state index in [9.17, 15) is 32.5 Å². The second kappa shape index (κ2) is 14.6. The van der Waals surface area contributed by atoms with E-state index in [-0.39, 0.29) is 35.3 Å². The minimum absolute atomic E-state index is 0.102. The second-order valence-corrected chi connectivity index (χ2v) is 12.5. The van der Waals surface area contributed by atoms with Gasteiger partial charge in [0.2, 0.25) is 11.8 Å². The first-order valence-electron chi connectivity index (χ1n) is 14.2. The standard InChI is InChI=1S/C33H33FN4O6S/c1-24(2)35-33(40)31(20-25-10-5-3-6-11-25)36(22-26-16-18-27(34)19-17-26)32(39)23-37(28-12-9-13-29(21-28)38(41)42)45(43,44)30-14-7-4-8-15-30/h3-19,21,24,31H,20,22-23H2,1-2H3,(H,35,40)/t31-/m1/s1. The highest BCUT2D eigenvalue weighted by molar-refractivity contribution is 7.92. The zero-order valence-electron chi connectivity index (χ0n) is 24.7. The third kappa shape index (κ3) is 8.51. The van der Waals surface area contributed by atoms with E-state index in [0.29, 0.717) is 5.56 Å². The number of sulfonamides is 1. The molecule has 0 saturated carbocycles. The van der Waals surface area contributed by atoms with Gasteiger partial charge in [-0.05, 0) is 55.3 Å². The van der Waals surface area contributed by atoms with E-state index in [2.05, 4.69) is 5.32 Å². The van der Waals surface area contributed by atoms with Gasteiger partial charge in [0.05, 0.1) is 15.5 Å². The summed E-state index contributed by atoms with van der Waals surface area (Å²) in [5, 5.41) is 14.4. The normalized spacial score (nSPS) is 11.9. The summed E-state index contributed by atoms with van der Waals surface area (Å²) in [5.74, 6) is -1.69. The smallest absolute Gasteiger partial charge is 0.271 e. The van der Waals surface area contributed by atoms with Crippen molar-refractivity contribution in [2.75, 3.05) is 10.8 Å². The number of non-ortho nitro benzene ring substituents is 1. The first-order valence-corrected chi connectivity index (χ1v) is 15.6. The molecule has 12 heteroatoms. The van der Waals surface area contributed by atoms with E-state index in [1.165, 1.54) is 71.6 Å². The summed E-state index contributed by atoms with van der Waals surface area (Å²) >= 11 is 0. The average molecular weight is 633 g/mol. The Morgan fingerprint density at radius 1 is 0.867 bits per heavy atom. The number of nitro groups is 1. The average Bonchev–Trinajstić information content (AvgIpc) is 3.02. The summed E-state index contributed by atoms with van der Waals surface area (Å²) in [7, 11) is -4.41. The van der Waals surface area contributed by atoms with Crippen molar-refractivity contribution in [2.24, 2.45) is 0 Å². The predicted octanol–water partition coefficient (Wildman–Crippen LogP) is 5.09. The molecular weight excluding hydrogens is 599 g/mol. The van der Waals surface area contributed by atoms with Gasteiger partial charge in [0.15, 0.2) is 0 Å². The number of carbonyl (C=O) groups excluding carboxylic acids is 2. The number of anilines is 1. The quantitative estimate of drug-likeness (QED) is 0.161. The van der Waals surface area contributed by atoms with Crippen molar-refractivity contribution in [3.05, 3.63) is 136 Å². The molecule has 0 bridgehead atoms. The van der Waals surface area contributed by atoms with Crippen molar-refractivity contribution in [1.82, 2.24) is 10.2 Å². The minimum atomic E-state index is -4.41. The van der Waals surface area contributed by atoms with E-state index in [1.807, 2.05) is 18.2 Å². The molecule has 234 valence electrons. The van der Waals surface area contributed by atoms with Crippen LogP contribution < -0.4 is 9.62 Å². The first-order chi connectivity index (χ1) is 21.5. The molecule has 0 unspecified atom stereocenters. The summed E-state index contributed by atoms with van der Waals surface area (Å²) in [5.41, 5.74) is 0.794. The highest BCUT2D eigenvalue weighted by atomic mass is 32.2. The number of rotatable bonds is 13. The fourth-order valence-corrected chi connectivity index (χ4v) is 6.16. The van der Waals surface area contributed by atoms with Gasteiger partial charge in [0.1, 0.15) is 18.4 Å². The minimum Gasteiger partial charge on any atom is -0.352 e. The second-order valence-electron chi connectivity index (χ2n) is 10.6. The van der Waals surface area contributed by atoms with Crippen molar-refractivity contribution in [1.29, 1.82) is 0 Å². The molecule has 2 amide bonds. The van der Waals surface area contributed by atoms with Crippen molar-refractivity contribution < 1.29 is 27.3 Å². The lowest BCUT2D eigenvalue weighted by molar-refractivity contribution is -0.384. The molecule has 0 heterocycles. The van der Waals surface area contributed by atoms with E-state index in [1.54, 1.807) is 32.0 Å². The topological polar surface area (TPSA) is 130 Å². The third-order valence-corrected chi connectivity index (χ3v) is 8.69. The van der Waals surface area contributed by atoms with Gasteiger partial charge in [-0.15, -0.1) is 0 Å².